The molecule has 1 aliphatic heterocycles. The second kappa shape index (κ2) is 6.70. The summed E-state index contributed by atoms with van der Waals surface area (Å²) in [5, 5.41) is 9.13. The predicted molar refractivity (Wildman–Crippen MR) is 78.8 cm³/mol. The van der Waals surface area contributed by atoms with E-state index in [1.807, 2.05) is 0 Å². The smallest absolute Gasteiger partial charge is 0.246 e. The Hall–Kier alpha value is -0.540. The molecule has 1 saturated heterocycles. The molecule has 1 aromatic rings. The van der Waals surface area contributed by atoms with E-state index in [0.29, 0.717) is 30.5 Å². The Morgan fingerprint density at radius 3 is 2.62 bits per heavy atom. The highest BCUT2D eigenvalue weighted by Gasteiger charge is 2.32. The molecular formula is C13H17BrFNO4S. The number of sulfonamides is 1. The van der Waals surface area contributed by atoms with Crippen LogP contribution < -0.4 is 0 Å². The molecule has 21 heavy (non-hydrogen) atoms. The van der Waals surface area contributed by atoms with Crippen molar-refractivity contribution in [2.24, 2.45) is 0 Å². The highest BCUT2D eigenvalue weighted by Crippen LogP contribution is 2.28. The third-order valence-corrected chi connectivity index (χ3v) is 5.98. The van der Waals surface area contributed by atoms with E-state index in [0.717, 1.165) is 0 Å². The first-order valence-electron chi connectivity index (χ1n) is 6.52. The van der Waals surface area contributed by atoms with Crippen LogP contribution in [0.1, 0.15) is 18.4 Å². The van der Waals surface area contributed by atoms with Gasteiger partial charge in [0.25, 0.3) is 0 Å². The average molecular weight is 382 g/mol. The number of aliphatic hydroxyl groups excluding tert-OH is 1. The van der Waals surface area contributed by atoms with Gasteiger partial charge in [-0.15, -0.1) is 0 Å². The third kappa shape index (κ3) is 3.45. The molecule has 0 unspecified atom stereocenters. The summed E-state index contributed by atoms with van der Waals surface area (Å²) in [5.74, 6) is -0.903. The van der Waals surface area contributed by atoms with E-state index >= 15 is 0 Å². The molecule has 0 aromatic heterocycles. The maximum Gasteiger partial charge on any atom is 0.246 e. The number of hydrogen-bond donors (Lipinski definition) is 1. The molecule has 1 aliphatic rings. The lowest BCUT2D eigenvalue weighted by atomic mass is 10.1. The average Bonchev–Trinajstić information content (AvgIpc) is 2.49. The summed E-state index contributed by atoms with van der Waals surface area (Å²) in [7, 11) is -2.51. The predicted octanol–water partition coefficient (Wildman–Crippen LogP) is 1.88. The van der Waals surface area contributed by atoms with Crippen molar-refractivity contribution < 1.29 is 22.7 Å². The molecule has 118 valence electrons. The number of rotatable bonds is 4. The van der Waals surface area contributed by atoms with E-state index in [9.17, 15) is 12.8 Å². The lowest BCUT2D eigenvalue weighted by Gasteiger charge is -2.30. The minimum Gasteiger partial charge on any atom is -0.392 e. The lowest BCUT2D eigenvalue weighted by molar-refractivity contribution is 0.0631. The van der Waals surface area contributed by atoms with E-state index in [-0.39, 0.29) is 11.6 Å². The summed E-state index contributed by atoms with van der Waals surface area (Å²) >= 11 is 3.14. The molecular weight excluding hydrogens is 365 g/mol. The molecule has 0 radical (unpaired) electrons. The van der Waals surface area contributed by atoms with Crippen molar-refractivity contribution in [1.29, 1.82) is 0 Å². The molecule has 0 atom stereocenters. The van der Waals surface area contributed by atoms with Gasteiger partial charge in [-0.3, -0.25) is 0 Å². The Morgan fingerprint density at radius 1 is 1.43 bits per heavy atom. The molecule has 8 heteroatoms. The number of benzene rings is 1. The topological polar surface area (TPSA) is 66.8 Å². The number of hydrogen-bond acceptors (Lipinski definition) is 4. The van der Waals surface area contributed by atoms with Gasteiger partial charge in [-0.05, 0) is 25.0 Å². The molecule has 0 saturated carbocycles. The first kappa shape index (κ1) is 16.8. The SMILES string of the molecule is CN(C1CCOCC1)S(=O)(=O)c1cc(Br)cc(CO)c1F. The maximum absolute atomic E-state index is 14.3. The van der Waals surface area contributed by atoms with E-state index in [1.165, 1.54) is 23.5 Å². The first-order valence-corrected chi connectivity index (χ1v) is 8.75. The van der Waals surface area contributed by atoms with Crippen LogP contribution in [0.15, 0.2) is 21.5 Å². The van der Waals surface area contributed by atoms with E-state index in [1.54, 1.807) is 0 Å². The molecule has 1 fully saturated rings. The minimum atomic E-state index is -3.96. The van der Waals surface area contributed by atoms with Gasteiger partial charge in [-0.25, -0.2) is 12.8 Å². The van der Waals surface area contributed by atoms with Crippen molar-refractivity contribution in [2.75, 3.05) is 20.3 Å². The van der Waals surface area contributed by atoms with Crippen LogP contribution in [-0.4, -0.2) is 44.1 Å². The van der Waals surface area contributed by atoms with Crippen LogP contribution in [0.4, 0.5) is 4.39 Å². The van der Waals surface area contributed by atoms with Gasteiger partial charge >= 0.3 is 0 Å². The van der Waals surface area contributed by atoms with Crippen molar-refractivity contribution in [1.82, 2.24) is 4.31 Å². The minimum absolute atomic E-state index is 0.0525. The Bertz CT molecular complexity index is 617. The number of aliphatic hydroxyl groups is 1. The van der Waals surface area contributed by atoms with Crippen LogP contribution in [0.3, 0.4) is 0 Å². The van der Waals surface area contributed by atoms with Crippen LogP contribution >= 0.6 is 15.9 Å². The van der Waals surface area contributed by atoms with Gasteiger partial charge in [-0.1, -0.05) is 15.9 Å². The quantitative estimate of drug-likeness (QED) is 0.864. The van der Waals surface area contributed by atoms with Crippen molar-refractivity contribution in [3.8, 4) is 0 Å². The molecule has 0 aliphatic carbocycles. The molecule has 1 N–H and O–H groups in total. The van der Waals surface area contributed by atoms with Crippen molar-refractivity contribution in [3.05, 3.63) is 28.0 Å². The fourth-order valence-corrected chi connectivity index (χ4v) is 4.53. The summed E-state index contributed by atoms with van der Waals surface area (Å²) in [4.78, 5) is -0.421. The van der Waals surface area contributed by atoms with E-state index < -0.39 is 27.3 Å². The Labute approximate surface area is 131 Å². The fraction of sp³-hybridized carbons (Fsp3) is 0.538. The van der Waals surface area contributed by atoms with Crippen LogP contribution in [0.25, 0.3) is 0 Å². The lowest BCUT2D eigenvalue weighted by Crippen LogP contribution is -2.40. The summed E-state index contributed by atoms with van der Waals surface area (Å²) < 4.78 is 46.3. The Morgan fingerprint density at radius 2 is 2.05 bits per heavy atom. The van der Waals surface area contributed by atoms with Gasteiger partial charge < -0.3 is 9.84 Å². The van der Waals surface area contributed by atoms with E-state index in [4.69, 9.17) is 9.84 Å². The monoisotopic (exact) mass is 381 g/mol. The third-order valence-electron chi connectivity index (χ3n) is 3.61. The van der Waals surface area contributed by atoms with Gasteiger partial charge in [0.1, 0.15) is 10.7 Å². The van der Waals surface area contributed by atoms with Crippen molar-refractivity contribution in [2.45, 2.75) is 30.4 Å². The number of ether oxygens (including phenoxy) is 1. The standard InChI is InChI=1S/C13H17BrFNO4S/c1-16(11-2-4-20-5-3-11)21(18,19)12-7-10(14)6-9(8-17)13(12)15/h6-7,11,17H,2-5,8H2,1H3. The molecule has 1 heterocycles. The molecule has 0 bridgehead atoms. The van der Waals surface area contributed by atoms with Crippen LogP contribution in [0, 0.1) is 5.82 Å². The normalized spacial score (nSPS) is 17.4. The summed E-state index contributed by atoms with van der Waals surface area (Å²) in [5.41, 5.74) is -0.0525. The zero-order valence-corrected chi connectivity index (χ0v) is 14.0. The number of nitrogens with zero attached hydrogens (tertiary/aromatic N) is 1. The highest BCUT2D eigenvalue weighted by molar-refractivity contribution is 9.10. The largest absolute Gasteiger partial charge is 0.392 e. The molecule has 0 spiro atoms. The summed E-state index contributed by atoms with van der Waals surface area (Å²) in [6, 6.07) is 2.38. The van der Waals surface area contributed by atoms with Gasteiger partial charge in [0.2, 0.25) is 10.0 Å². The van der Waals surface area contributed by atoms with Crippen molar-refractivity contribution >= 4 is 26.0 Å². The Balaban J connectivity index is 2.41. The molecule has 1 aromatic carbocycles. The highest BCUT2D eigenvalue weighted by atomic mass is 79.9. The van der Waals surface area contributed by atoms with Gasteiger partial charge in [0.15, 0.2) is 0 Å². The summed E-state index contributed by atoms with van der Waals surface area (Å²) in [6.45, 7) is 0.426. The van der Waals surface area contributed by atoms with Crippen LogP contribution in [0.2, 0.25) is 0 Å². The van der Waals surface area contributed by atoms with Crippen LogP contribution in [0.5, 0.6) is 0 Å². The van der Waals surface area contributed by atoms with E-state index in [2.05, 4.69) is 15.9 Å². The second-order valence-electron chi connectivity index (χ2n) is 4.90. The molecule has 5 nitrogen and oxygen atoms in total. The zero-order valence-electron chi connectivity index (χ0n) is 11.6. The van der Waals surface area contributed by atoms with Crippen molar-refractivity contribution in [3.63, 3.8) is 0 Å². The Kier molecular flexibility index (Phi) is 5.37. The zero-order chi connectivity index (χ0) is 15.6. The first-order chi connectivity index (χ1) is 9.87. The second-order valence-corrected chi connectivity index (χ2v) is 7.78. The number of halogens is 2. The molecule has 2 rings (SSSR count). The summed E-state index contributed by atoms with van der Waals surface area (Å²) in [6.07, 6.45) is 1.16. The van der Waals surface area contributed by atoms with Gasteiger partial charge in [-0.2, -0.15) is 4.31 Å². The van der Waals surface area contributed by atoms with Gasteiger partial charge in [0.05, 0.1) is 6.61 Å². The van der Waals surface area contributed by atoms with Gasteiger partial charge in [0, 0.05) is 36.3 Å². The fourth-order valence-electron chi connectivity index (χ4n) is 2.32. The maximum atomic E-state index is 14.3. The molecule has 0 amide bonds. The van der Waals surface area contributed by atoms with Crippen LogP contribution in [-0.2, 0) is 21.4 Å².